The molecule has 0 aromatic heterocycles. The average Bonchev–Trinajstić information content (AvgIpc) is 2.15. The molecule has 0 aliphatic carbocycles. The van der Waals surface area contributed by atoms with Gasteiger partial charge in [-0.05, 0) is 26.7 Å². The number of rotatable bonds is 7. The van der Waals surface area contributed by atoms with Crippen LogP contribution in [0.2, 0.25) is 0 Å². The van der Waals surface area contributed by atoms with Gasteiger partial charge in [-0.15, -0.1) is 0 Å². The number of esters is 1. The molecule has 0 fully saturated rings. The van der Waals surface area contributed by atoms with Crippen LogP contribution in [0.25, 0.3) is 0 Å². The van der Waals surface area contributed by atoms with Gasteiger partial charge in [-0.25, -0.2) is 4.79 Å². The molecule has 0 saturated carbocycles. The van der Waals surface area contributed by atoms with E-state index in [0.29, 0.717) is 12.8 Å². The summed E-state index contributed by atoms with van der Waals surface area (Å²) in [5.74, 6) is -1.72. The number of ether oxygens (including phenoxy) is 1. The minimum atomic E-state index is -0.950. The summed E-state index contributed by atoms with van der Waals surface area (Å²) in [7, 11) is 0. The summed E-state index contributed by atoms with van der Waals surface area (Å²) < 4.78 is 4.76. The smallest absolute Gasteiger partial charge is 0.330 e. The summed E-state index contributed by atoms with van der Waals surface area (Å²) in [6.07, 6.45) is 2.45. The van der Waals surface area contributed by atoms with Gasteiger partial charge >= 0.3 is 11.9 Å². The lowest BCUT2D eigenvalue weighted by Gasteiger charge is -2.01. The number of carbonyl (C=O) groups excluding carboxylic acids is 2. The molecule has 0 rings (SSSR count). The zero-order valence-corrected chi connectivity index (χ0v) is 9.49. The van der Waals surface area contributed by atoms with Crippen LogP contribution in [0.1, 0.15) is 33.1 Å². The van der Waals surface area contributed by atoms with Crippen molar-refractivity contribution in [2.45, 2.75) is 33.1 Å². The number of allylic oxidation sites excluding steroid dienone is 1. The highest BCUT2D eigenvalue weighted by atomic mass is 16.5. The van der Waals surface area contributed by atoms with Gasteiger partial charge in [-0.2, -0.15) is 0 Å². The van der Waals surface area contributed by atoms with Crippen LogP contribution < -0.4 is 0 Å². The lowest BCUT2D eigenvalue weighted by molar-refractivity contribution is -0.145. The van der Waals surface area contributed by atoms with Crippen molar-refractivity contribution in [2.24, 2.45) is 0 Å². The van der Waals surface area contributed by atoms with E-state index in [1.165, 1.54) is 13.8 Å². The minimum absolute atomic E-state index is 0.204. The summed E-state index contributed by atoms with van der Waals surface area (Å²) in [6.45, 7) is 3.03. The molecule has 5 nitrogen and oxygen atoms in total. The lowest BCUT2D eigenvalue weighted by Crippen LogP contribution is -2.09. The maximum Gasteiger partial charge on any atom is 0.330 e. The molecule has 0 aromatic rings. The lowest BCUT2D eigenvalue weighted by atomic mass is 10.2. The van der Waals surface area contributed by atoms with E-state index in [9.17, 15) is 14.4 Å². The third kappa shape index (κ3) is 7.73. The van der Waals surface area contributed by atoms with Crippen molar-refractivity contribution in [1.29, 1.82) is 0 Å². The van der Waals surface area contributed by atoms with Gasteiger partial charge in [0.15, 0.2) is 0 Å². The highest BCUT2D eigenvalue weighted by molar-refractivity contribution is 5.94. The Labute approximate surface area is 94.1 Å². The van der Waals surface area contributed by atoms with E-state index < -0.39 is 11.9 Å². The largest absolute Gasteiger partial charge is 0.478 e. The van der Waals surface area contributed by atoms with Crippen molar-refractivity contribution < 1.29 is 24.2 Å². The SMILES string of the molecule is CC(=O)CC(=O)OCCC/C=C(\C)C(=O)O. The van der Waals surface area contributed by atoms with Gasteiger partial charge in [0.1, 0.15) is 12.2 Å². The number of Topliss-reactive ketones (excluding diaryl/α,β-unsaturated/α-hetero) is 1. The Morgan fingerprint density at radius 1 is 1.25 bits per heavy atom. The van der Waals surface area contributed by atoms with Crippen LogP contribution in [0, 0.1) is 0 Å². The molecule has 0 heterocycles. The molecule has 0 amide bonds. The van der Waals surface area contributed by atoms with Crippen molar-refractivity contribution in [3.8, 4) is 0 Å². The van der Waals surface area contributed by atoms with Crippen molar-refractivity contribution in [1.82, 2.24) is 0 Å². The standard InChI is InChI=1S/C11H16O5/c1-8(11(14)15)5-3-4-6-16-10(13)7-9(2)12/h5H,3-4,6-7H2,1-2H3,(H,14,15)/b8-5+. The van der Waals surface area contributed by atoms with Gasteiger partial charge in [0.2, 0.25) is 0 Å². The number of carboxylic acid groups (broad SMARTS) is 1. The fourth-order valence-electron chi connectivity index (χ4n) is 0.930. The molecule has 1 N–H and O–H groups in total. The fraction of sp³-hybridized carbons (Fsp3) is 0.545. The van der Waals surface area contributed by atoms with Crippen LogP contribution >= 0.6 is 0 Å². The van der Waals surface area contributed by atoms with Gasteiger partial charge < -0.3 is 9.84 Å². The van der Waals surface area contributed by atoms with Gasteiger partial charge in [-0.1, -0.05) is 6.08 Å². The first kappa shape index (κ1) is 14.3. The fourth-order valence-corrected chi connectivity index (χ4v) is 0.930. The zero-order valence-electron chi connectivity index (χ0n) is 9.49. The molecular weight excluding hydrogens is 212 g/mol. The monoisotopic (exact) mass is 228 g/mol. The van der Waals surface area contributed by atoms with E-state index in [0.717, 1.165) is 0 Å². The molecule has 0 aliphatic heterocycles. The molecular formula is C11H16O5. The Hall–Kier alpha value is -1.65. The number of ketones is 1. The van der Waals surface area contributed by atoms with Crippen LogP contribution in [0.4, 0.5) is 0 Å². The first-order valence-electron chi connectivity index (χ1n) is 4.98. The number of hydrogen-bond donors (Lipinski definition) is 1. The predicted molar refractivity (Wildman–Crippen MR) is 56.9 cm³/mol. The summed E-state index contributed by atoms with van der Waals surface area (Å²) in [4.78, 5) is 31.8. The van der Waals surface area contributed by atoms with E-state index in [4.69, 9.17) is 9.84 Å². The Morgan fingerprint density at radius 2 is 1.88 bits per heavy atom. The van der Waals surface area contributed by atoms with E-state index in [-0.39, 0.29) is 24.4 Å². The van der Waals surface area contributed by atoms with Gasteiger partial charge in [-0.3, -0.25) is 9.59 Å². The summed E-state index contributed by atoms with van der Waals surface area (Å²) >= 11 is 0. The highest BCUT2D eigenvalue weighted by Gasteiger charge is 2.05. The van der Waals surface area contributed by atoms with E-state index in [2.05, 4.69) is 0 Å². The number of carbonyl (C=O) groups is 3. The summed E-state index contributed by atoms with van der Waals surface area (Å²) in [5.41, 5.74) is 0.273. The second-order valence-electron chi connectivity index (χ2n) is 3.43. The molecule has 0 saturated heterocycles. The molecule has 0 bridgehead atoms. The summed E-state index contributed by atoms with van der Waals surface area (Å²) in [5, 5.41) is 8.53. The van der Waals surface area contributed by atoms with Crippen LogP contribution in [-0.2, 0) is 19.1 Å². The maximum absolute atomic E-state index is 10.9. The Kier molecular flexibility index (Phi) is 6.83. The molecule has 0 unspecified atom stereocenters. The zero-order chi connectivity index (χ0) is 12.6. The molecule has 90 valence electrons. The molecule has 0 spiro atoms. The Bertz CT molecular complexity index is 303. The van der Waals surface area contributed by atoms with Gasteiger partial charge in [0.25, 0.3) is 0 Å². The predicted octanol–water partition coefficient (Wildman–Crippen LogP) is 1.32. The van der Waals surface area contributed by atoms with Crippen molar-refractivity contribution in [2.75, 3.05) is 6.61 Å². The Balaban J connectivity index is 3.61. The number of aliphatic carboxylic acids is 1. The number of hydrogen-bond acceptors (Lipinski definition) is 4. The normalized spacial score (nSPS) is 11.0. The third-order valence-electron chi connectivity index (χ3n) is 1.79. The molecule has 0 aromatic carbocycles. The van der Waals surface area contributed by atoms with Crippen molar-refractivity contribution >= 4 is 17.7 Å². The second kappa shape index (κ2) is 7.62. The molecule has 0 aliphatic rings. The van der Waals surface area contributed by atoms with E-state index in [1.54, 1.807) is 6.08 Å². The Morgan fingerprint density at radius 3 is 2.38 bits per heavy atom. The number of unbranched alkanes of at least 4 members (excludes halogenated alkanes) is 1. The molecule has 0 radical (unpaired) electrons. The molecule has 5 heteroatoms. The van der Waals surface area contributed by atoms with Crippen molar-refractivity contribution in [3.63, 3.8) is 0 Å². The van der Waals surface area contributed by atoms with Gasteiger partial charge in [0, 0.05) is 5.57 Å². The van der Waals surface area contributed by atoms with E-state index in [1.807, 2.05) is 0 Å². The van der Waals surface area contributed by atoms with Crippen molar-refractivity contribution in [3.05, 3.63) is 11.6 Å². The first-order chi connectivity index (χ1) is 7.43. The summed E-state index contributed by atoms with van der Waals surface area (Å²) in [6, 6.07) is 0. The minimum Gasteiger partial charge on any atom is -0.478 e. The average molecular weight is 228 g/mol. The highest BCUT2D eigenvalue weighted by Crippen LogP contribution is 1.99. The maximum atomic E-state index is 10.9. The van der Waals surface area contributed by atoms with Crippen LogP contribution in [0.5, 0.6) is 0 Å². The van der Waals surface area contributed by atoms with Crippen LogP contribution in [0.3, 0.4) is 0 Å². The quantitative estimate of drug-likeness (QED) is 0.307. The third-order valence-corrected chi connectivity index (χ3v) is 1.79. The molecule has 16 heavy (non-hydrogen) atoms. The topological polar surface area (TPSA) is 80.7 Å². The van der Waals surface area contributed by atoms with Gasteiger partial charge in [0.05, 0.1) is 6.61 Å². The number of carboxylic acids is 1. The van der Waals surface area contributed by atoms with Crippen LogP contribution in [0.15, 0.2) is 11.6 Å². The second-order valence-corrected chi connectivity index (χ2v) is 3.43. The first-order valence-corrected chi connectivity index (χ1v) is 4.98. The van der Waals surface area contributed by atoms with E-state index >= 15 is 0 Å². The van der Waals surface area contributed by atoms with Crippen LogP contribution in [-0.4, -0.2) is 29.4 Å². The molecule has 0 atom stereocenters.